The zero-order chi connectivity index (χ0) is 19.0. The Kier molecular flexibility index (Phi) is 4.52. The van der Waals surface area contributed by atoms with Crippen LogP contribution in [0, 0.1) is 0 Å². The number of aromatic amines is 1. The molecule has 0 bridgehead atoms. The molecule has 0 unspecified atom stereocenters. The molecule has 27 heavy (non-hydrogen) atoms. The summed E-state index contributed by atoms with van der Waals surface area (Å²) in [5, 5.41) is 0. The average molecular weight is 363 g/mol. The van der Waals surface area contributed by atoms with E-state index in [0.717, 1.165) is 54.4 Å². The lowest BCUT2D eigenvalue weighted by Gasteiger charge is -2.27. The van der Waals surface area contributed by atoms with Gasteiger partial charge in [-0.15, -0.1) is 0 Å². The molecule has 2 aromatic rings. The predicted octanol–water partition coefficient (Wildman–Crippen LogP) is 4.72. The molecule has 5 heteroatoms. The first-order chi connectivity index (χ1) is 13.0. The van der Waals surface area contributed by atoms with E-state index < -0.39 is 0 Å². The first kappa shape index (κ1) is 17.5. The minimum atomic E-state index is 0.0709. The molecule has 2 aliphatic heterocycles. The molecule has 5 nitrogen and oxygen atoms in total. The summed E-state index contributed by atoms with van der Waals surface area (Å²) < 4.78 is 5.73. The Morgan fingerprint density at radius 2 is 1.85 bits per heavy atom. The Morgan fingerprint density at radius 3 is 2.52 bits per heavy atom. The lowest BCUT2D eigenvalue weighted by Crippen LogP contribution is -2.28. The van der Waals surface area contributed by atoms with Crippen LogP contribution in [0.3, 0.4) is 0 Å². The maximum Gasteiger partial charge on any atom is 0.270 e. The monoisotopic (exact) mass is 363 g/mol. The number of aromatic nitrogens is 1. The molecule has 1 aromatic heterocycles. The van der Waals surface area contributed by atoms with Gasteiger partial charge in [-0.25, -0.2) is 0 Å². The van der Waals surface area contributed by atoms with Gasteiger partial charge in [0, 0.05) is 30.0 Å². The van der Waals surface area contributed by atoms with Crippen molar-refractivity contribution in [3.8, 4) is 5.75 Å². The van der Waals surface area contributed by atoms with Crippen molar-refractivity contribution in [2.75, 3.05) is 18.0 Å². The number of rotatable bonds is 4. The third kappa shape index (κ3) is 3.37. The van der Waals surface area contributed by atoms with Gasteiger partial charge in [0.1, 0.15) is 17.3 Å². The first-order valence-corrected chi connectivity index (χ1v) is 9.49. The zero-order valence-corrected chi connectivity index (χ0v) is 15.9. The van der Waals surface area contributed by atoms with Gasteiger partial charge in [0.2, 0.25) is 0 Å². The molecular formula is C22H25N3O2. The normalized spacial score (nSPS) is 16.2. The van der Waals surface area contributed by atoms with Crippen molar-refractivity contribution < 1.29 is 9.53 Å². The molecule has 3 heterocycles. The summed E-state index contributed by atoms with van der Waals surface area (Å²) in [5.41, 5.74) is 3.45. The van der Waals surface area contributed by atoms with E-state index in [-0.39, 0.29) is 12.0 Å². The van der Waals surface area contributed by atoms with Gasteiger partial charge in [-0.3, -0.25) is 9.69 Å². The van der Waals surface area contributed by atoms with Crippen LogP contribution in [0.1, 0.15) is 42.7 Å². The van der Waals surface area contributed by atoms with Crippen LogP contribution in [-0.4, -0.2) is 35.0 Å². The molecule has 140 valence electrons. The fraction of sp³-hybridized carbons (Fsp3) is 0.318. The highest BCUT2D eigenvalue weighted by molar-refractivity contribution is 5.96. The van der Waals surface area contributed by atoms with E-state index in [2.05, 4.69) is 11.6 Å². The smallest absolute Gasteiger partial charge is 0.270 e. The molecule has 0 atom stereocenters. The van der Waals surface area contributed by atoms with Gasteiger partial charge in [0.15, 0.2) is 0 Å². The van der Waals surface area contributed by atoms with Crippen LogP contribution in [0.4, 0.5) is 11.5 Å². The maximum absolute atomic E-state index is 12.7. The second kappa shape index (κ2) is 6.99. The Labute approximate surface area is 159 Å². The second-order valence-electron chi connectivity index (χ2n) is 7.31. The molecule has 1 N–H and O–H groups in total. The molecule has 2 aliphatic rings. The minimum Gasteiger partial charge on any atom is -0.491 e. The third-order valence-electron chi connectivity index (χ3n) is 4.88. The SMILES string of the molecule is C=C1C=Cc2cc(C(=O)N3CCCC3)[nH]c2N1c1ccc(OC(C)C)cc1. The molecule has 1 aromatic carbocycles. The highest BCUT2D eigenvalue weighted by Gasteiger charge is 2.26. The highest BCUT2D eigenvalue weighted by Crippen LogP contribution is 2.37. The van der Waals surface area contributed by atoms with Crippen molar-refractivity contribution in [2.45, 2.75) is 32.8 Å². The molecular weight excluding hydrogens is 338 g/mol. The molecule has 0 radical (unpaired) electrons. The Hall–Kier alpha value is -2.95. The number of anilines is 2. The van der Waals surface area contributed by atoms with E-state index in [0.29, 0.717) is 5.69 Å². The van der Waals surface area contributed by atoms with Crippen LogP contribution in [0.25, 0.3) is 6.08 Å². The number of benzene rings is 1. The number of likely N-dealkylation sites (tertiary alicyclic amines) is 1. The number of fused-ring (bicyclic) bond motifs is 1. The molecule has 4 rings (SSSR count). The van der Waals surface area contributed by atoms with Crippen LogP contribution in [0.2, 0.25) is 0 Å². The molecule has 1 fully saturated rings. The summed E-state index contributed by atoms with van der Waals surface area (Å²) >= 11 is 0. The number of H-pyrrole nitrogens is 1. The number of nitrogens with one attached hydrogen (secondary N) is 1. The van der Waals surface area contributed by atoms with Crippen molar-refractivity contribution in [1.29, 1.82) is 0 Å². The van der Waals surface area contributed by atoms with Gasteiger partial charge >= 0.3 is 0 Å². The highest BCUT2D eigenvalue weighted by atomic mass is 16.5. The number of allylic oxidation sites excluding steroid dienone is 1. The molecule has 1 saturated heterocycles. The van der Waals surface area contributed by atoms with Crippen LogP contribution in [0.15, 0.2) is 48.7 Å². The topological polar surface area (TPSA) is 48.6 Å². The Morgan fingerprint density at radius 1 is 1.15 bits per heavy atom. The quantitative estimate of drug-likeness (QED) is 0.855. The van der Waals surface area contributed by atoms with Gasteiger partial charge in [-0.2, -0.15) is 0 Å². The third-order valence-corrected chi connectivity index (χ3v) is 4.88. The number of carbonyl (C=O) groups excluding carboxylic acids is 1. The summed E-state index contributed by atoms with van der Waals surface area (Å²) in [6.07, 6.45) is 6.28. The number of amides is 1. The van der Waals surface area contributed by atoms with E-state index in [1.807, 2.05) is 66.1 Å². The van der Waals surface area contributed by atoms with Crippen LogP contribution in [0.5, 0.6) is 5.75 Å². The predicted molar refractivity (Wildman–Crippen MR) is 108 cm³/mol. The van der Waals surface area contributed by atoms with Crippen LogP contribution in [-0.2, 0) is 0 Å². The van der Waals surface area contributed by atoms with Crippen LogP contribution >= 0.6 is 0 Å². The largest absolute Gasteiger partial charge is 0.491 e. The molecule has 1 amide bonds. The van der Waals surface area contributed by atoms with Gasteiger partial charge in [-0.05, 0) is 69.2 Å². The summed E-state index contributed by atoms with van der Waals surface area (Å²) in [6.45, 7) is 9.86. The van der Waals surface area contributed by atoms with E-state index in [1.54, 1.807) is 0 Å². The van der Waals surface area contributed by atoms with Crippen molar-refractivity contribution in [3.63, 3.8) is 0 Å². The maximum atomic E-state index is 12.7. The number of carbonyl (C=O) groups is 1. The number of hydrogen-bond acceptors (Lipinski definition) is 3. The fourth-order valence-corrected chi connectivity index (χ4v) is 3.62. The Balaban J connectivity index is 1.64. The number of ether oxygens (including phenoxy) is 1. The zero-order valence-electron chi connectivity index (χ0n) is 15.9. The van der Waals surface area contributed by atoms with Crippen molar-refractivity contribution in [3.05, 3.63) is 59.9 Å². The van der Waals surface area contributed by atoms with Gasteiger partial charge < -0.3 is 14.6 Å². The van der Waals surface area contributed by atoms with E-state index in [4.69, 9.17) is 4.74 Å². The molecule has 0 spiro atoms. The van der Waals surface area contributed by atoms with Crippen molar-refractivity contribution in [1.82, 2.24) is 9.88 Å². The van der Waals surface area contributed by atoms with Crippen LogP contribution < -0.4 is 9.64 Å². The van der Waals surface area contributed by atoms with Crippen molar-refractivity contribution >= 4 is 23.5 Å². The second-order valence-corrected chi connectivity index (χ2v) is 7.31. The van der Waals surface area contributed by atoms with Gasteiger partial charge in [0.25, 0.3) is 5.91 Å². The lowest BCUT2D eigenvalue weighted by atomic mass is 10.1. The summed E-state index contributed by atoms with van der Waals surface area (Å²) in [7, 11) is 0. The van der Waals surface area contributed by atoms with Gasteiger partial charge in [-0.1, -0.05) is 6.58 Å². The molecule has 0 aliphatic carbocycles. The van der Waals surface area contributed by atoms with E-state index in [9.17, 15) is 4.79 Å². The number of nitrogens with zero attached hydrogens (tertiary/aromatic N) is 2. The van der Waals surface area contributed by atoms with Gasteiger partial charge in [0.05, 0.1) is 6.10 Å². The molecule has 0 saturated carbocycles. The summed E-state index contributed by atoms with van der Waals surface area (Å²) in [4.78, 5) is 20.0. The first-order valence-electron chi connectivity index (χ1n) is 9.49. The Bertz CT molecular complexity index is 887. The fourth-order valence-electron chi connectivity index (χ4n) is 3.62. The summed E-state index contributed by atoms with van der Waals surface area (Å²) in [5.74, 6) is 1.78. The van der Waals surface area contributed by atoms with E-state index >= 15 is 0 Å². The lowest BCUT2D eigenvalue weighted by molar-refractivity contribution is 0.0788. The minimum absolute atomic E-state index is 0.0709. The average Bonchev–Trinajstić information content (AvgIpc) is 3.31. The number of hydrogen-bond donors (Lipinski definition) is 1. The summed E-state index contributed by atoms with van der Waals surface area (Å²) in [6, 6.07) is 9.87. The van der Waals surface area contributed by atoms with E-state index in [1.165, 1.54) is 0 Å². The van der Waals surface area contributed by atoms with Crippen molar-refractivity contribution in [2.24, 2.45) is 0 Å². The standard InChI is InChI=1S/C22H25N3O2/c1-15(2)27-19-10-8-18(9-11-19)25-16(3)6-7-17-14-20(23-21(17)25)22(26)24-12-4-5-13-24/h6-11,14-15,23H,3-5,12-13H2,1-2H3.